The molecule has 2 rings (SSSR count). The van der Waals surface area contributed by atoms with E-state index in [2.05, 4.69) is 0 Å². The molecular formula is C14H14N2O2. The highest BCUT2D eigenvalue weighted by Crippen LogP contribution is 2.22. The molecular weight excluding hydrogens is 228 g/mol. The Kier molecular flexibility index (Phi) is 3.28. The van der Waals surface area contributed by atoms with E-state index in [9.17, 15) is 10.4 Å². The molecule has 0 heterocycles. The van der Waals surface area contributed by atoms with Crippen LogP contribution in [-0.4, -0.2) is 9.72 Å². The summed E-state index contributed by atoms with van der Waals surface area (Å²) in [6.07, 6.45) is 0. The van der Waals surface area contributed by atoms with Gasteiger partial charge in [0.15, 0.2) is 0 Å². The molecule has 0 saturated carbocycles. The van der Waals surface area contributed by atoms with Gasteiger partial charge in [-0.3, -0.25) is 0 Å². The lowest BCUT2D eigenvalue weighted by molar-refractivity contribution is -0.896. The minimum absolute atomic E-state index is 0.357. The highest BCUT2D eigenvalue weighted by atomic mass is 16.6. The SMILES string of the molecule is Cc1ccccc1/[N+]([O-])=[N+](/[O-])c1ccccc1C. The number of para-hydroxylation sites is 2. The summed E-state index contributed by atoms with van der Waals surface area (Å²) < 4.78 is 0. The highest BCUT2D eigenvalue weighted by molar-refractivity contribution is 5.39. The Bertz CT molecular complexity index is 553. The van der Waals surface area contributed by atoms with E-state index in [0.29, 0.717) is 21.1 Å². The molecule has 92 valence electrons. The van der Waals surface area contributed by atoms with Crippen molar-refractivity contribution < 1.29 is 9.72 Å². The molecule has 4 heteroatoms. The van der Waals surface area contributed by atoms with Gasteiger partial charge in [0.1, 0.15) is 0 Å². The quantitative estimate of drug-likeness (QED) is 0.457. The summed E-state index contributed by atoms with van der Waals surface area (Å²) in [5, 5.41) is 24.1. The first-order chi connectivity index (χ1) is 8.61. The van der Waals surface area contributed by atoms with E-state index in [1.807, 2.05) is 12.1 Å². The lowest BCUT2D eigenvalue weighted by Gasteiger charge is -2.05. The largest absolute Gasteiger partial charge is 0.561 e. The second-order valence-electron chi connectivity index (χ2n) is 4.12. The van der Waals surface area contributed by atoms with Gasteiger partial charge in [-0.15, -0.1) is 0 Å². The Labute approximate surface area is 106 Å². The molecule has 18 heavy (non-hydrogen) atoms. The highest BCUT2D eigenvalue weighted by Gasteiger charge is 2.18. The Hall–Kier alpha value is -2.36. The summed E-state index contributed by atoms with van der Waals surface area (Å²) in [6, 6.07) is 14.0. The van der Waals surface area contributed by atoms with Gasteiger partial charge in [0.25, 0.3) is 11.4 Å². The van der Waals surface area contributed by atoms with Crippen LogP contribution in [0.25, 0.3) is 0 Å². The number of benzene rings is 2. The van der Waals surface area contributed by atoms with Gasteiger partial charge in [-0.1, -0.05) is 36.4 Å². The monoisotopic (exact) mass is 242 g/mol. The zero-order chi connectivity index (χ0) is 13.1. The van der Waals surface area contributed by atoms with E-state index in [4.69, 9.17) is 0 Å². The number of hydrogen-bond acceptors (Lipinski definition) is 2. The minimum atomic E-state index is 0.357. The number of azo groups is 1. The van der Waals surface area contributed by atoms with E-state index in [-0.39, 0.29) is 0 Å². The Morgan fingerprint density at radius 2 is 1.00 bits per heavy atom. The molecule has 0 aliphatic carbocycles. The standard InChI is InChI=1S/C14H14N2O2/c1-11-7-3-5-9-13(11)15(17)16(18)14-10-6-4-8-12(14)2/h3-10H,1-2H3/b16-15-. The van der Waals surface area contributed by atoms with Crippen LogP contribution in [0.3, 0.4) is 0 Å². The van der Waals surface area contributed by atoms with Crippen molar-refractivity contribution in [3.8, 4) is 0 Å². The predicted molar refractivity (Wildman–Crippen MR) is 68.9 cm³/mol. The molecule has 0 N–H and O–H groups in total. The Morgan fingerprint density at radius 3 is 1.33 bits per heavy atom. The maximum atomic E-state index is 12.0. The van der Waals surface area contributed by atoms with Crippen LogP contribution < -0.4 is 0 Å². The number of rotatable bonds is 2. The summed E-state index contributed by atoms with van der Waals surface area (Å²) in [5.41, 5.74) is 2.25. The zero-order valence-electron chi connectivity index (χ0n) is 10.3. The molecule has 0 aromatic heterocycles. The average Bonchev–Trinajstić information content (AvgIpc) is 2.38. The lowest BCUT2D eigenvalue weighted by atomic mass is 10.2. The molecule has 0 atom stereocenters. The van der Waals surface area contributed by atoms with Crippen molar-refractivity contribution in [3.05, 3.63) is 70.1 Å². The fourth-order valence-electron chi connectivity index (χ4n) is 1.75. The van der Waals surface area contributed by atoms with Gasteiger partial charge in [0, 0.05) is 23.3 Å². The van der Waals surface area contributed by atoms with Gasteiger partial charge in [0.2, 0.25) is 0 Å². The fraction of sp³-hybridized carbons (Fsp3) is 0.143. The van der Waals surface area contributed by atoms with E-state index in [0.717, 1.165) is 11.1 Å². The maximum Gasteiger partial charge on any atom is 0.290 e. The van der Waals surface area contributed by atoms with Crippen LogP contribution >= 0.6 is 0 Å². The van der Waals surface area contributed by atoms with Crippen LogP contribution in [0.5, 0.6) is 0 Å². The molecule has 0 radical (unpaired) electrons. The van der Waals surface area contributed by atoms with E-state index in [1.54, 1.807) is 50.2 Å². The zero-order valence-corrected chi connectivity index (χ0v) is 10.3. The Morgan fingerprint density at radius 1 is 0.667 bits per heavy atom. The third-order valence-corrected chi connectivity index (χ3v) is 2.81. The van der Waals surface area contributed by atoms with Crippen LogP contribution in [0.4, 0.5) is 11.4 Å². The van der Waals surface area contributed by atoms with Gasteiger partial charge < -0.3 is 10.4 Å². The molecule has 2 aromatic carbocycles. The van der Waals surface area contributed by atoms with Crippen molar-refractivity contribution in [3.63, 3.8) is 0 Å². The lowest BCUT2D eigenvalue weighted by Crippen LogP contribution is -2.10. The minimum Gasteiger partial charge on any atom is -0.561 e. The summed E-state index contributed by atoms with van der Waals surface area (Å²) in [4.78, 5) is 0.745. The van der Waals surface area contributed by atoms with E-state index < -0.39 is 0 Å². The Balaban J connectivity index is 2.55. The van der Waals surface area contributed by atoms with Gasteiger partial charge >= 0.3 is 0 Å². The second kappa shape index (κ2) is 4.87. The van der Waals surface area contributed by atoms with Crippen LogP contribution in [-0.2, 0) is 0 Å². The van der Waals surface area contributed by atoms with Gasteiger partial charge in [-0.2, -0.15) is 0 Å². The number of nitrogens with zero attached hydrogens (tertiary/aromatic N) is 2. The molecule has 0 amide bonds. The molecule has 0 saturated heterocycles. The van der Waals surface area contributed by atoms with Crippen molar-refractivity contribution in [2.75, 3.05) is 0 Å². The predicted octanol–water partition coefficient (Wildman–Crippen LogP) is 3.74. The van der Waals surface area contributed by atoms with Gasteiger partial charge in [-0.05, 0) is 13.8 Å². The average molecular weight is 242 g/mol. The first-order valence-electron chi connectivity index (χ1n) is 5.67. The molecule has 4 nitrogen and oxygen atoms in total. The molecule has 0 aliphatic rings. The van der Waals surface area contributed by atoms with Crippen LogP contribution in [0, 0.1) is 24.3 Å². The summed E-state index contributed by atoms with van der Waals surface area (Å²) >= 11 is 0. The smallest absolute Gasteiger partial charge is 0.290 e. The first-order valence-corrected chi connectivity index (χ1v) is 5.67. The van der Waals surface area contributed by atoms with E-state index in [1.165, 1.54) is 0 Å². The fourth-order valence-corrected chi connectivity index (χ4v) is 1.75. The van der Waals surface area contributed by atoms with E-state index >= 15 is 0 Å². The third kappa shape index (κ3) is 2.18. The number of aryl methyl sites for hydroxylation is 2. The second-order valence-corrected chi connectivity index (χ2v) is 4.12. The van der Waals surface area contributed by atoms with Crippen LogP contribution in [0.15, 0.2) is 48.5 Å². The summed E-state index contributed by atoms with van der Waals surface area (Å²) in [5.74, 6) is 0. The molecule has 2 aromatic rings. The number of hydrogen-bond donors (Lipinski definition) is 0. The van der Waals surface area contributed by atoms with Gasteiger partial charge in [0.05, 0.1) is 9.72 Å². The third-order valence-electron chi connectivity index (χ3n) is 2.81. The molecule has 0 bridgehead atoms. The van der Waals surface area contributed by atoms with Gasteiger partial charge in [-0.25, -0.2) is 0 Å². The van der Waals surface area contributed by atoms with Crippen molar-refractivity contribution in [2.24, 2.45) is 0 Å². The molecule has 0 aliphatic heterocycles. The first kappa shape index (κ1) is 12.1. The van der Waals surface area contributed by atoms with Crippen molar-refractivity contribution in [1.29, 1.82) is 0 Å². The van der Waals surface area contributed by atoms with Crippen molar-refractivity contribution in [1.82, 2.24) is 0 Å². The summed E-state index contributed by atoms with van der Waals surface area (Å²) in [7, 11) is 0. The van der Waals surface area contributed by atoms with Crippen molar-refractivity contribution in [2.45, 2.75) is 13.8 Å². The maximum absolute atomic E-state index is 12.0. The summed E-state index contributed by atoms with van der Waals surface area (Å²) in [6.45, 7) is 3.60. The molecule has 0 unspecified atom stereocenters. The van der Waals surface area contributed by atoms with Crippen molar-refractivity contribution >= 4 is 11.4 Å². The topological polar surface area (TPSA) is 52.1 Å². The van der Waals surface area contributed by atoms with Crippen LogP contribution in [0.1, 0.15) is 11.1 Å². The molecule has 0 fully saturated rings. The van der Waals surface area contributed by atoms with Crippen LogP contribution in [0.2, 0.25) is 0 Å². The normalized spacial score (nSPS) is 12.1. The molecule has 0 spiro atoms.